The molecule has 1 aromatic heterocycles. The minimum absolute atomic E-state index is 0.140. The summed E-state index contributed by atoms with van der Waals surface area (Å²) >= 11 is 1.79. The third kappa shape index (κ3) is 4.10. The van der Waals surface area contributed by atoms with Crippen molar-refractivity contribution in [1.29, 1.82) is 0 Å². The highest BCUT2D eigenvalue weighted by atomic mass is 32.1. The first-order chi connectivity index (χ1) is 8.58. The van der Waals surface area contributed by atoms with E-state index in [1.54, 1.807) is 11.3 Å². The number of hydrogen-bond donors (Lipinski definition) is 2. The zero-order chi connectivity index (χ0) is 13.0. The predicted molar refractivity (Wildman–Crippen MR) is 76.0 cm³/mol. The number of hydrogen-bond acceptors (Lipinski definition) is 3. The Hall–Kier alpha value is -0.870. The van der Waals surface area contributed by atoms with Crippen LogP contribution in [0.2, 0.25) is 0 Å². The zero-order valence-corrected chi connectivity index (χ0v) is 12.0. The second-order valence-electron chi connectivity index (χ2n) is 5.63. The highest BCUT2D eigenvalue weighted by molar-refractivity contribution is 7.10. The molecule has 1 heterocycles. The van der Waals surface area contributed by atoms with Gasteiger partial charge in [0.1, 0.15) is 0 Å². The molecule has 0 spiro atoms. The number of carbonyl (C=O) groups excluding carboxylic acids is 1. The third-order valence-corrected chi connectivity index (χ3v) is 4.46. The molecule has 1 amide bonds. The van der Waals surface area contributed by atoms with Crippen molar-refractivity contribution in [2.75, 3.05) is 13.1 Å². The van der Waals surface area contributed by atoms with Crippen molar-refractivity contribution in [3.63, 3.8) is 0 Å². The zero-order valence-electron chi connectivity index (χ0n) is 11.2. The van der Waals surface area contributed by atoms with Crippen molar-refractivity contribution < 1.29 is 4.79 Å². The van der Waals surface area contributed by atoms with Gasteiger partial charge in [-0.25, -0.2) is 0 Å². The Morgan fingerprint density at radius 2 is 2.28 bits per heavy atom. The van der Waals surface area contributed by atoms with E-state index in [0.29, 0.717) is 12.5 Å². The van der Waals surface area contributed by atoms with Crippen LogP contribution in [-0.2, 0) is 10.2 Å². The topological polar surface area (TPSA) is 41.1 Å². The van der Waals surface area contributed by atoms with Crippen molar-refractivity contribution in [2.24, 2.45) is 0 Å². The molecule has 1 aliphatic carbocycles. The summed E-state index contributed by atoms with van der Waals surface area (Å²) in [6, 6.07) is 4.73. The Balaban J connectivity index is 1.63. The Kier molecular flexibility index (Phi) is 4.40. The molecule has 1 saturated carbocycles. The van der Waals surface area contributed by atoms with E-state index in [0.717, 1.165) is 25.9 Å². The molecule has 100 valence electrons. The first-order valence-electron chi connectivity index (χ1n) is 6.62. The summed E-state index contributed by atoms with van der Waals surface area (Å²) in [5.74, 6) is 0.180. The average molecular weight is 266 g/mol. The van der Waals surface area contributed by atoms with Gasteiger partial charge in [0.25, 0.3) is 0 Å². The molecule has 3 nitrogen and oxygen atoms in total. The van der Waals surface area contributed by atoms with Gasteiger partial charge in [-0.15, -0.1) is 11.3 Å². The number of carbonyl (C=O) groups is 1. The normalized spacial score (nSPS) is 15.7. The van der Waals surface area contributed by atoms with Crippen LogP contribution in [0, 0.1) is 0 Å². The molecule has 0 unspecified atom stereocenters. The second-order valence-corrected chi connectivity index (χ2v) is 6.58. The minimum Gasteiger partial charge on any atom is -0.353 e. The molecule has 0 bridgehead atoms. The first kappa shape index (κ1) is 13.6. The molecule has 1 fully saturated rings. The molecular formula is C14H22N2OS. The summed E-state index contributed by atoms with van der Waals surface area (Å²) in [6.45, 7) is 6.13. The maximum Gasteiger partial charge on any atom is 0.221 e. The minimum atomic E-state index is 0.140. The summed E-state index contributed by atoms with van der Waals surface area (Å²) in [5, 5.41) is 8.50. The van der Waals surface area contributed by atoms with Crippen LogP contribution in [0.25, 0.3) is 0 Å². The molecule has 1 aromatic rings. The van der Waals surface area contributed by atoms with E-state index < -0.39 is 0 Å². The van der Waals surface area contributed by atoms with E-state index in [1.807, 2.05) is 0 Å². The molecule has 0 atom stereocenters. The summed E-state index contributed by atoms with van der Waals surface area (Å²) < 4.78 is 0. The van der Waals surface area contributed by atoms with Gasteiger partial charge in [0, 0.05) is 35.8 Å². The summed E-state index contributed by atoms with van der Waals surface area (Å²) in [4.78, 5) is 12.9. The number of thiophene rings is 1. The summed E-state index contributed by atoms with van der Waals surface area (Å²) in [5.41, 5.74) is 0.140. The van der Waals surface area contributed by atoms with Crippen molar-refractivity contribution in [3.8, 4) is 0 Å². The first-order valence-corrected chi connectivity index (χ1v) is 7.50. The SMILES string of the molecule is CC(C)(CNCCC(=O)NC1CC1)c1cccs1. The lowest BCUT2D eigenvalue weighted by Crippen LogP contribution is -2.35. The molecule has 4 heteroatoms. The molecule has 18 heavy (non-hydrogen) atoms. The molecule has 0 aliphatic heterocycles. The van der Waals surface area contributed by atoms with E-state index in [1.165, 1.54) is 4.88 Å². The van der Waals surface area contributed by atoms with E-state index in [-0.39, 0.29) is 11.3 Å². The molecular weight excluding hydrogens is 244 g/mol. The molecule has 0 radical (unpaired) electrons. The van der Waals surface area contributed by atoms with E-state index >= 15 is 0 Å². The maximum atomic E-state index is 11.5. The van der Waals surface area contributed by atoms with E-state index in [2.05, 4.69) is 42.0 Å². The van der Waals surface area contributed by atoms with Crippen LogP contribution < -0.4 is 10.6 Å². The molecule has 2 N–H and O–H groups in total. The van der Waals surface area contributed by atoms with Gasteiger partial charge in [-0.3, -0.25) is 4.79 Å². The van der Waals surface area contributed by atoms with E-state index in [9.17, 15) is 4.79 Å². The Morgan fingerprint density at radius 3 is 2.89 bits per heavy atom. The van der Waals surface area contributed by atoms with Gasteiger partial charge in [-0.2, -0.15) is 0 Å². The lowest BCUT2D eigenvalue weighted by molar-refractivity contribution is -0.121. The van der Waals surface area contributed by atoms with Gasteiger partial charge in [-0.05, 0) is 24.3 Å². The van der Waals surface area contributed by atoms with Crippen LogP contribution >= 0.6 is 11.3 Å². The lowest BCUT2D eigenvalue weighted by atomic mass is 9.91. The van der Waals surface area contributed by atoms with Crippen LogP contribution in [-0.4, -0.2) is 25.0 Å². The van der Waals surface area contributed by atoms with Crippen LogP contribution in [0.15, 0.2) is 17.5 Å². The van der Waals surface area contributed by atoms with Gasteiger partial charge in [0.2, 0.25) is 5.91 Å². The van der Waals surface area contributed by atoms with Crippen LogP contribution in [0.3, 0.4) is 0 Å². The van der Waals surface area contributed by atoms with Gasteiger partial charge < -0.3 is 10.6 Å². The van der Waals surface area contributed by atoms with Crippen LogP contribution in [0.1, 0.15) is 38.0 Å². The second kappa shape index (κ2) is 5.85. The summed E-state index contributed by atoms with van der Waals surface area (Å²) in [7, 11) is 0. The van der Waals surface area contributed by atoms with Crippen LogP contribution in [0.4, 0.5) is 0 Å². The molecule has 1 aliphatic rings. The maximum absolute atomic E-state index is 11.5. The average Bonchev–Trinajstić information content (AvgIpc) is 2.96. The Labute approximate surface area is 113 Å². The molecule has 0 saturated heterocycles. The monoisotopic (exact) mass is 266 g/mol. The fourth-order valence-electron chi connectivity index (χ4n) is 1.88. The standard InChI is InChI=1S/C14H22N2OS/c1-14(2,12-4-3-9-18-12)10-15-8-7-13(17)16-11-5-6-11/h3-4,9,11,15H,5-8,10H2,1-2H3,(H,16,17). The van der Waals surface area contributed by atoms with Gasteiger partial charge >= 0.3 is 0 Å². The Bertz CT molecular complexity index is 383. The highest BCUT2D eigenvalue weighted by Gasteiger charge is 2.23. The van der Waals surface area contributed by atoms with Crippen LogP contribution in [0.5, 0.6) is 0 Å². The van der Waals surface area contributed by atoms with E-state index in [4.69, 9.17) is 0 Å². The predicted octanol–water partition coefficient (Wildman–Crippen LogP) is 2.28. The van der Waals surface area contributed by atoms with Crippen molar-refractivity contribution in [2.45, 2.75) is 44.6 Å². The van der Waals surface area contributed by atoms with Gasteiger partial charge in [0.15, 0.2) is 0 Å². The number of amides is 1. The smallest absolute Gasteiger partial charge is 0.221 e. The van der Waals surface area contributed by atoms with Crippen molar-refractivity contribution >= 4 is 17.2 Å². The highest BCUT2D eigenvalue weighted by Crippen LogP contribution is 2.26. The van der Waals surface area contributed by atoms with Gasteiger partial charge in [-0.1, -0.05) is 19.9 Å². The largest absolute Gasteiger partial charge is 0.353 e. The fourth-order valence-corrected chi connectivity index (χ4v) is 2.73. The van der Waals surface area contributed by atoms with Gasteiger partial charge in [0.05, 0.1) is 0 Å². The lowest BCUT2D eigenvalue weighted by Gasteiger charge is -2.23. The third-order valence-electron chi connectivity index (χ3n) is 3.23. The fraction of sp³-hybridized carbons (Fsp3) is 0.643. The van der Waals surface area contributed by atoms with Crippen molar-refractivity contribution in [3.05, 3.63) is 22.4 Å². The Morgan fingerprint density at radius 1 is 1.50 bits per heavy atom. The molecule has 2 rings (SSSR count). The quantitative estimate of drug-likeness (QED) is 0.743. The van der Waals surface area contributed by atoms with Crippen molar-refractivity contribution in [1.82, 2.24) is 10.6 Å². The summed E-state index contributed by atoms with van der Waals surface area (Å²) in [6.07, 6.45) is 2.90. The number of rotatable bonds is 7. The number of nitrogens with one attached hydrogen (secondary N) is 2. The molecule has 0 aromatic carbocycles.